The Morgan fingerprint density at radius 1 is 0.962 bits per heavy atom. The van der Waals surface area contributed by atoms with Crippen LogP contribution in [-0.2, 0) is 6.42 Å². The maximum atomic E-state index is 12.1. The summed E-state index contributed by atoms with van der Waals surface area (Å²) in [5, 5.41) is 0. The third kappa shape index (κ3) is 3.88. The van der Waals surface area contributed by atoms with E-state index in [2.05, 4.69) is 52.0 Å². The molecule has 2 unspecified atom stereocenters. The molecular formula is C25H28O. The van der Waals surface area contributed by atoms with Crippen molar-refractivity contribution in [3.63, 3.8) is 0 Å². The van der Waals surface area contributed by atoms with Gasteiger partial charge in [-0.3, -0.25) is 4.79 Å². The van der Waals surface area contributed by atoms with Crippen LogP contribution in [0.1, 0.15) is 59.8 Å². The van der Waals surface area contributed by atoms with Crippen LogP contribution in [0.2, 0.25) is 0 Å². The summed E-state index contributed by atoms with van der Waals surface area (Å²) < 4.78 is 0. The van der Waals surface area contributed by atoms with E-state index in [9.17, 15) is 4.79 Å². The second-order valence-electron chi connectivity index (χ2n) is 7.60. The van der Waals surface area contributed by atoms with Crippen molar-refractivity contribution >= 4 is 17.4 Å². The lowest BCUT2D eigenvalue weighted by atomic mass is 9.86. The molecule has 0 saturated heterocycles. The quantitative estimate of drug-likeness (QED) is 0.604. The Bertz CT molecular complexity index is 869. The molecule has 26 heavy (non-hydrogen) atoms. The molecule has 2 aromatic rings. The molecule has 0 fully saturated rings. The van der Waals surface area contributed by atoms with Crippen molar-refractivity contribution in [2.75, 3.05) is 0 Å². The van der Waals surface area contributed by atoms with Crippen molar-refractivity contribution in [2.24, 2.45) is 11.8 Å². The lowest BCUT2D eigenvalue weighted by Gasteiger charge is -2.19. The molecule has 0 spiro atoms. The van der Waals surface area contributed by atoms with E-state index in [-0.39, 0.29) is 5.78 Å². The molecule has 2 aromatic carbocycles. The highest BCUT2D eigenvalue weighted by Gasteiger charge is 2.16. The monoisotopic (exact) mass is 344 g/mol. The zero-order valence-corrected chi connectivity index (χ0v) is 16.3. The Balaban J connectivity index is 1.88. The highest BCUT2D eigenvalue weighted by molar-refractivity contribution is 6.14. The van der Waals surface area contributed by atoms with E-state index in [0.29, 0.717) is 5.92 Å². The van der Waals surface area contributed by atoms with Crippen molar-refractivity contribution in [3.8, 4) is 0 Å². The second kappa shape index (κ2) is 7.86. The first kappa shape index (κ1) is 18.4. The average Bonchev–Trinajstić information content (AvgIpc) is 2.65. The molecule has 0 radical (unpaired) electrons. The molecule has 0 aromatic heterocycles. The van der Waals surface area contributed by atoms with Gasteiger partial charge in [0.2, 0.25) is 0 Å². The smallest absolute Gasteiger partial charge is 0.186 e. The Morgan fingerprint density at radius 2 is 1.69 bits per heavy atom. The Hall–Kier alpha value is -2.41. The lowest BCUT2D eigenvalue weighted by molar-refractivity contribution is 0.104. The average molecular weight is 344 g/mol. The first-order valence-corrected chi connectivity index (χ1v) is 9.62. The summed E-state index contributed by atoms with van der Waals surface area (Å²) in [5.74, 6) is 1.53. The van der Waals surface area contributed by atoms with E-state index in [1.807, 2.05) is 30.3 Å². The molecule has 1 nitrogen and oxygen atoms in total. The summed E-state index contributed by atoms with van der Waals surface area (Å²) in [7, 11) is 0. The highest BCUT2D eigenvalue weighted by Crippen LogP contribution is 2.29. The van der Waals surface area contributed by atoms with Crippen molar-refractivity contribution in [2.45, 2.75) is 40.5 Å². The van der Waals surface area contributed by atoms with Crippen molar-refractivity contribution < 1.29 is 4.79 Å². The maximum absolute atomic E-state index is 12.1. The number of carbonyl (C=O) groups is 1. The topological polar surface area (TPSA) is 17.1 Å². The Labute approximate surface area is 157 Å². The fraction of sp³-hybridized carbons (Fsp3) is 0.320. The molecule has 3 rings (SSSR count). The van der Waals surface area contributed by atoms with Gasteiger partial charge >= 0.3 is 0 Å². The number of carbonyl (C=O) groups excluding carboxylic acids is 1. The Kier molecular flexibility index (Phi) is 5.56. The van der Waals surface area contributed by atoms with Gasteiger partial charge in [0.05, 0.1) is 0 Å². The van der Waals surface area contributed by atoms with Crippen LogP contribution in [0.4, 0.5) is 0 Å². The van der Waals surface area contributed by atoms with Crippen LogP contribution in [-0.4, -0.2) is 5.78 Å². The summed E-state index contributed by atoms with van der Waals surface area (Å²) in [6.07, 6.45) is 8.16. The van der Waals surface area contributed by atoms with Crippen LogP contribution in [0.25, 0.3) is 11.6 Å². The summed E-state index contributed by atoms with van der Waals surface area (Å²) in [6, 6.07) is 14.6. The number of benzene rings is 2. The molecule has 0 aliphatic heterocycles. The number of allylic oxidation sites excluding steroid dienone is 3. The standard InChI is InChI=1S/C25H28O/c1-5-17(2)18(3)14-20-10-11-21(19(4)15-20)16-22-12-13-25(26)24-9-7-6-8-23(22)24/h6-13,15-18H,5,14H2,1-4H3/b22-16+. The summed E-state index contributed by atoms with van der Waals surface area (Å²) in [5.41, 5.74) is 6.82. The van der Waals surface area contributed by atoms with Crippen molar-refractivity contribution in [1.82, 2.24) is 0 Å². The fourth-order valence-corrected chi connectivity index (χ4v) is 3.59. The highest BCUT2D eigenvalue weighted by atomic mass is 16.1. The minimum Gasteiger partial charge on any atom is -0.289 e. The molecule has 2 atom stereocenters. The predicted molar refractivity (Wildman–Crippen MR) is 111 cm³/mol. The van der Waals surface area contributed by atoms with Crippen LogP contribution in [0.3, 0.4) is 0 Å². The number of rotatable bonds is 5. The maximum Gasteiger partial charge on any atom is 0.186 e. The number of hydrogen-bond acceptors (Lipinski definition) is 1. The number of aryl methyl sites for hydroxylation is 1. The molecule has 0 amide bonds. The van der Waals surface area contributed by atoms with Gasteiger partial charge in [-0.05, 0) is 65.2 Å². The van der Waals surface area contributed by atoms with E-state index in [1.165, 1.54) is 23.1 Å². The van der Waals surface area contributed by atoms with E-state index in [4.69, 9.17) is 0 Å². The molecule has 0 bridgehead atoms. The van der Waals surface area contributed by atoms with Gasteiger partial charge < -0.3 is 0 Å². The fourth-order valence-electron chi connectivity index (χ4n) is 3.59. The lowest BCUT2D eigenvalue weighted by Crippen LogP contribution is -2.10. The largest absolute Gasteiger partial charge is 0.289 e. The van der Waals surface area contributed by atoms with Crippen LogP contribution >= 0.6 is 0 Å². The zero-order chi connectivity index (χ0) is 18.7. The zero-order valence-electron chi connectivity index (χ0n) is 16.3. The third-order valence-corrected chi connectivity index (χ3v) is 5.74. The van der Waals surface area contributed by atoms with Gasteiger partial charge in [-0.15, -0.1) is 0 Å². The number of hydrogen-bond donors (Lipinski definition) is 0. The minimum atomic E-state index is 0.0869. The van der Waals surface area contributed by atoms with E-state index in [1.54, 1.807) is 6.08 Å². The van der Waals surface area contributed by atoms with E-state index < -0.39 is 0 Å². The first-order valence-electron chi connectivity index (χ1n) is 9.62. The van der Waals surface area contributed by atoms with Crippen LogP contribution < -0.4 is 0 Å². The van der Waals surface area contributed by atoms with Crippen LogP contribution in [0.15, 0.2) is 54.6 Å². The van der Waals surface area contributed by atoms with Gasteiger partial charge in [0.15, 0.2) is 5.78 Å². The van der Waals surface area contributed by atoms with E-state index in [0.717, 1.165) is 29.0 Å². The van der Waals surface area contributed by atoms with Gasteiger partial charge in [0.25, 0.3) is 0 Å². The van der Waals surface area contributed by atoms with Gasteiger partial charge in [-0.1, -0.05) is 75.7 Å². The van der Waals surface area contributed by atoms with Crippen molar-refractivity contribution in [3.05, 3.63) is 82.4 Å². The van der Waals surface area contributed by atoms with Gasteiger partial charge in [-0.25, -0.2) is 0 Å². The number of fused-ring (bicyclic) bond motifs is 1. The van der Waals surface area contributed by atoms with Crippen molar-refractivity contribution in [1.29, 1.82) is 0 Å². The molecule has 134 valence electrons. The molecule has 0 saturated carbocycles. The molecule has 1 aliphatic rings. The molecule has 1 aliphatic carbocycles. The molecular weight excluding hydrogens is 316 g/mol. The molecule has 0 N–H and O–H groups in total. The second-order valence-corrected chi connectivity index (χ2v) is 7.60. The van der Waals surface area contributed by atoms with E-state index >= 15 is 0 Å². The van der Waals surface area contributed by atoms with Gasteiger partial charge in [0.1, 0.15) is 0 Å². The normalized spacial score (nSPS) is 17.2. The summed E-state index contributed by atoms with van der Waals surface area (Å²) >= 11 is 0. The van der Waals surface area contributed by atoms with Crippen LogP contribution in [0.5, 0.6) is 0 Å². The van der Waals surface area contributed by atoms with Gasteiger partial charge in [0, 0.05) is 5.56 Å². The first-order chi connectivity index (χ1) is 12.5. The SMILES string of the molecule is CCC(C)C(C)Cc1ccc(/C=C2\C=CC(=O)c3ccccc32)c(C)c1. The summed E-state index contributed by atoms with van der Waals surface area (Å²) in [4.78, 5) is 12.1. The Morgan fingerprint density at radius 3 is 2.38 bits per heavy atom. The summed E-state index contributed by atoms with van der Waals surface area (Å²) in [6.45, 7) is 9.12. The number of ketones is 1. The molecule has 1 heteroatoms. The molecule has 0 heterocycles. The third-order valence-electron chi connectivity index (χ3n) is 5.74. The van der Waals surface area contributed by atoms with Crippen LogP contribution in [0, 0.1) is 18.8 Å². The predicted octanol–water partition coefficient (Wildman–Crippen LogP) is 6.51. The van der Waals surface area contributed by atoms with Gasteiger partial charge in [-0.2, -0.15) is 0 Å². The minimum absolute atomic E-state index is 0.0869.